The molecule has 0 aromatic carbocycles. The van der Waals surface area contributed by atoms with Gasteiger partial charge in [0.25, 0.3) is 10.0 Å². The number of rotatable bonds is 4. The monoisotopic (exact) mass is 316 g/mol. The van der Waals surface area contributed by atoms with Crippen LogP contribution in [0.2, 0.25) is 0 Å². The Kier molecular flexibility index (Phi) is 4.28. The van der Waals surface area contributed by atoms with E-state index in [1.165, 1.54) is 4.90 Å². The number of sulfonamides is 1. The summed E-state index contributed by atoms with van der Waals surface area (Å²) in [5, 5.41) is 5.55. The van der Waals surface area contributed by atoms with Crippen molar-refractivity contribution in [3.05, 3.63) is 11.8 Å². The first-order valence-electron chi connectivity index (χ1n) is 6.32. The summed E-state index contributed by atoms with van der Waals surface area (Å²) in [5.74, 6) is -1.08. The van der Waals surface area contributed by atoms with Gasteiger partial charge in [0.15, 0.2) is 5.03 Å². The van der Waals surface area contributed by atoms with Crippen LogP contribution in [0.4, 0.5) is 0 Å². The van der Waals surface area contributed by atoms with E-state index in [0.29, 0.717) is 6.54 Å². The van der Waals surface area contributed by atoms with Gasteiger partial charge in [-0.1, -0.05) is 0 Å². The minimum atomic E-state index is -4.00. The first-order chi connectivity index (χ1) is 9.87. The summed E-state index contributed by atoms with van der Waals surface area (Å²) in [6, 6.07) is 0. The Hall–Kier alpha value is -1.94. The molecule has 0 unspecified atom stereocenters. The van der Waals surface area contributed by atoms with Crippen LogP contribution in [0, 0.1) is 0 Å². The molecular weight excluding hydrogens is 300 g/mol. The Morgan fingerprint density at radius 1 is 1.48 bits per heavy atom. The fourth-order valence-corrected chi connectivity index (χ4v) is 3.34. The van der Waals surface area contributed by atoms with Gasteiger partial charge in [0.1, 0.15) is 5.56 Å². The number of aromatic amines is 1. The van der Waals surface area contributed by atoms with E-state index in [-0.39, 0.29) is 36.2 Å². The molecule has 0 spiro atoms. The molecule has 0 radical (unpaired) electrons. The summed E-state index contributed by atoms with van der Waals surface area (Å²) >= 11 is 0. The van der Waals surface area contributed by atoms with Crippen LogP contribution in [0.25, 0.3) is 0 Å². The molecule has 1 N–H and O–H groups in total. The molecule has 10 heteroatoms. The maximum absolute atomic E-state index is 12.5. The Balaban J connectivity index is 2.31. The molecule has 0 saturated carbocycles. The Morgan fingerprint density at radius 2 is 2.19 bits per heavy atom. The number of aromatic nitrogens is 2. The van der Waals surface area contributed by atoms with E-state index in [4.69, 9.17) is 4.74 Å². The van der Waals surface area contributed by atoms with Gasteiger partial charge in [-0.05, 0) is 6.92 Å². The van der Waals surface area contributed by atoms with E-state index >= 15 is 0 Å². The minimum Gasteiger partial charge on any atom is -0.462 e. The Labute approximate surface area is 121 Å². The van der Waals surface area contributed by atoms with Gasteiger partial charge >= 0.3 is 5.97 Å². The highest BCUT2D eigenvalue weighted by Gasteiger charge is 2.35. The summed E-state index contributed by atoms with van der Waals surface area (Å²) in [5.41, 5.74) is -0.164. The first-order valence-corrected chi connectivity index (χ1v) is 7.76. The number of amides is 1. The van der Waals surface area contributed by atoms with Gasteiger partial charge < -0.3 is 9.64 Å². The molecule has 1 saturated heterocycles. The van der Waals surface area contributed by atoms with Gasteiger partial charge in [0, 0.05) is 20.1 Å². The molecule has 116 valence electrons. The number of hydrogen-bond acceptors (Lipinski definition) is 6. The second kappa shape index (κ2) is 5.82. The molecule has 1 aliphatic rings. The van der Waals surface area contributed by atoms with Gasteiger partial charge in [-0.25, -0.2) is 13.2 Å². The number of hydrogen-bond donors (Lipinski definition) is 1. The van der Waals surface area contributed by atoms with E-state index in [0.717, 1.165) is 10.5 Å². The number of nitrogens with one attached hydrogen (secondary N) is 1. The number of esters is 1. The third-order valence-electron chi connectivity index (χ3n) is 3.12. The van der Waals surface area contributed by atoms with Gasteiger partial charge in [0.2, 0.25) is 5.91 Å². The molecule has 1 amide bonds. The highest BCUT2D eigenvalue weighted by Crippen LogP contribution is 2.20. The van der Waals surface area contributed by atoms with Crippen LogP contribution in [-0.4, -0.2) is 73.0 Å². The van der Waals surface area contributed by atoms with Gasteiger partial charge in [-0.3, -0.25) is 9.89 Å². The SMILES string of the molecule is CCOC(=O)c1cn[nH]c1S(=O)(=O)N1CCN(C)C(=O)C1. The molecular formula is C11H16N4O5S. The topological polar surface area (TPSA) is 113 Å². The number of nitrogens with zero attached hydrogens (tertiary/aromatic N) is 3. The molecule has 1 aliphatic heterocycles. The maximum Gasteiger partial charge on any atom is 0.342 e. The lowest BCUT2D eigenvalue weighted by Gasteiger charge is -2.30. The number of carbonyl (C=O) groups excluding carboxylic acids is 2. The van der Waals surface area contributed by atoms with Crippen molar-refractivity contribution >= 4 is 21.9 Å². The zero-order valence-electron chi connectivity index (χ0n) is 11.7. The second-order valence-corrected chi connectivity index (χ2v) is 6.36. The fraction of sp³-hybridized carbons (Fsp3) is 0.545. The molecule has 0 bridgehead atoms. The van der Waals surface area contributed by atoms with E-state index < -0.39 is 16.0 Å². The zero-order chi connectivity index (χ0) is 15.6. The third kappa shape index (κ3) is 2.90. The molecule has 1 aromatic heterocycles. The molecule has 9 nitrogen and oxygen atoms in total. The largest absolute Gasteiger partial charge is 0.462 e. The first kappa shape index (κ1) is 15.4. The van der Waals surface area contributed by atoms with Gasteiger partial charge in [0.05, 0.1) is 19.3 Å². The molecule has 21 heavy (non-hydrogen) atoms. The van der Waals surface area contributed by atoms with Crippen molar-refractivity contribution in [2.24, 2.45) is 0 Å². The lowest BCUT2D eigenvalue weighted by atomic mass is 10.4. The van der Waals surface area contributed by atoms with Crippen molar-refractivity contribution in [2.45, 2.75) is 11.9 Å². The van der Waals surface area contributed by atoms with Crippen molar-refractivity contribution in [3.8, 4) is 0 Å². The molecule has 2 heterocycles. The second-order valence-electron chi connectivity index (χ2n) is 4.49. The molecule has 0 aliphatic carbocycles. The normalized spacial score (nSPS) is 17.0. The summed E-state index contributed by atoms with van der Waals surface area (Å²) in [4.78, 5) is 24.8. The standard InChI is InChI=1S/C11H16N4O5S/c1-3-20-11(17)8-6-12-13-10(8)21(18,19)15-5-4-14(2)9(16)7-15/h6H,3-5,7H2,1-2H3,(H,12,13). The Morgan fingerprint density at radius 3 is 2.81 bits per heavy atom. The summed E-state index contributed by atoms with van der Waals surface area (Å²) in [6.07, 6.45) is 1.10. The predicted octanol–water partition coefficient (Wildman–Crippen LogP) is -0.951. The molecule has 2 rings (SSSR count). The number of piperazine rings is 1. The molecule has 1 fully saturated rings. The van der Waals surface area contributed by atoms with Crippen LogP contribution in [0.1, 0.15) is 17.3 Å². The number of ether oxygens (including phenoxy) is 1. The predicted molar refractivity (Wildman–Crippen MR) is 70.9 cm³/mol. The van der Waals surface area contributed by atoms with E-state index in [9.17, 15) is 18.0 Å². The summed E-state index contributed by atoms with van der Waals surface area (Å²) in [7, 11) is -2.40. The Bertz CT molecular complexity index is 653. The molecule has 0 atom stereocenters. The van der Waals surface area contributed by atoms with Crippen LogP contribution < -0.4 is 0 Å². The highest BCUT2D eigenvalue weighted by atomic mass is 32.2. The average molecular weight is 316 g/mol. The van der Waals surface area contributed by atoms with Gasteiger partial charge in [-0.15, -0.1) is 0 Å². The van der Waals surface area contributed by atoms with E-state index in [1.807, 2.05) is 0 Å². The quantitative estimate of drug-likeness (QED) is 0.717. The van der Waals surface area contributed by atoms with Crippen LogP contribution in [0.15, 0.2) is 11.2 Å². The van der Waals surface area contributed by atoms with Gasteiger partial charge in [-0.2, -0.15) is 9.40 Å². The van der Waals surface area contributed by atoms with Crippen molar-refractivity contribution in [3.63, 3.8) is 0 Å². The van der Waals surface area contributed by atoms with E-state index in [1.54, 1.807) is 14.0 Å². The smallest absolute Gasteiger partial charge is 0.342 e. The van der Waals surface area contributed by atoms with Crippen molar-refractivity contribution in [1.29, 1.82) is 0 Å². The van der Waals surface area contributed by atoms with Crippen LogP contribution >= 0.6 is 0 Å². The zero-order valence-corrected chi connectivity index (χ0v) is 12.5. The van der Waals surface area contributed by atoms with Crippen molar-refractivity contribution in [2.75, 3.05) is 33.3 Å². The lowest BCUT2D eigenvalue weighted by Crippen LogP contribution is -2.50. The number of carbonyl (C=O) groups is 2. The van der Waals surface area contributed by atoms with Crippen LogP contribution in [0.5, 0.6) is 0 Å². The van der Waals surface area contributed by atoms with Crippen molar-refractivity contribution < 1.29 is 22.7 Å². The lowest BCUT2D eigenvalue weighted by molar-refractivity contribution is -0.132. The maximum atomic E-state index is 12.5. The van der Waals surface area contributed by atoms with E-state index in [2.05, 4.69) is 10.2 Å². The minimum absolute atomic E-state index is 0.122. The number of likely N-dealkylation sites (N-methyl/N-ethyl adjacent to an activating group) is 1. The average Bonchev–Trinajstić information content (AvgIpc) is 2.92. The summed E-state index contributed by atoms with van der Waals surface area (Å²) < 4.78 is 30.8. The molecule has 1 aromatic rings. The third-order valence-corrected chi connectivity index (χ3v) is 4.94. The summed E-state index contributed by atoms with van der Waals surface area (Å²) in [6.45, 7) is 1.93. The highest BCUT2D eigenvalue weighted by molar-refractivity contribution is 7.89. The van der Waals surface area contributed by atoms with Crippen LogP contribution in [-0.2, 0) is 19.6 Å². The van der Waals surface area contributed by atoms with Crippen molar-refractivity contribution in [1.82, 2.24) is 19.4 Å². The fourth-order valence-electron chi connectivity index (χ4n) is 1.90. The number of H-pyrrole nitrogens is 1. The van der Waals surface area contributed by atoms with Crippen LogP contribution in [0.3, 0.4) is 0 Å².